The van der Waals surface area contributed by atoms with Gasteiger partial charge in [0.1, 0.15) is 12.4 Å². The highest BCUT2D eigenvalue weighted by Crippen LogP contribution is 2.24. The van der Waals surface area contributed by atoms with Crippen LogP contribution in [0.5, 0.6) is 5.75 Å². The monoisotopic (exact) mass is 400 g/mol. The van der Waals surface area contributed by atoms with Crippen LogP contribution in [-0.4, -0.2) is 28.5 Å². The molecule has 152 valence electrons. The number of hydrogen-bond acceptors (Lipinski definition) is 4. The molecule has 2 aromatic heterocycles. The van der Waals surface area contributed by atoms with E-state index in [1.807, 2.05) is 48.7 Å². The Hall–Kier alpha value is -3.64. The Balaban J connectivity index is 1.39. The van der Waals surface area contributed by atoms with Crippen molar-refractivity contribution in [3.63, 3.8) is 0 Å². The van der Waals surface area contributed by atoms with Gasteiger partial charge >= 0.3 is 0 Å². The molecule has 0 unspecified atom stereocenters. The molecular formula is C24H24N4O2. The van der Waals surface area contributed by atoms with E-state index in [9.17, 15) is 4.79 Å². The van der Waals surface area contributed by atoms with Gasteiger partial charge < -0.3 is 20.8 Å². The van der Waals surface area contributed by atoms with Gasteiger partial charge in [0.05, 0.1) is 6.20 Å². The molecule has 0 aliphatic carbocycles. The minimum absolute atomic E-state index is 0.0937. The number of amides is 1. The summed E-state index contributed by atoms with van der Waals surface area (Å²) in [6.45, 7) is 1.88. The number of hydrogen-bond donors (Lipinski definition) is 3. The van der Waals surface area contributed by atoms with Crippen LogP contribution in [-0.2, 0) is 11.2 Å². The number of carbonyl (C=O) groups is 1. The predicted molar refractivity (Wildman–Crippen MR) is 119 cm³/mol. The summed E-state index contributed by atoms with van der Waals surface area (Å²) in [5.74, 6) is 0.580. The molecule has 0 spiro atoms. The van der Waals surface area contributed by atoms with Crippen LogP contribution >= 0.6 is 0 Å². The van der Waals surface area contributed by atoms with Gasteiger partial charge in [0.25, 0.3) is 0 Å². The Kier molecular flexibility index (Phi) is 5.77. The average Bonchev–Trinajstić information content (AvgIpc) is 3.15. The second kappa shape index (κ2) is 8.80. The third-order valence-electron chi connectivity index (χ3n) is 4.87. The minimum atomic E-state index is -0.134. The van der Waals surface area contributed by atoms with E-state index in [-0.39, 0.29) is 11.9 Å². The van der Waals surface area contributed by atoms with Gasteiger partial charge in [-0.15, -0.1) is 0 Å². The van der Waals surface area contributed by atoms with Crippen LogP contribution in [0.3, 0.4) is 0 Å². The largest absolute Gasteiger partial charge is 0.490 e. The molecule has 2 heterocycles. The highest BCUT2D eigenvalue weighted by molar-refractivity contribution is 5.89. The molecule has 30 heavy (non-hydrogen) atoms. The van der Waals surface area contributed by atoms with Gasteiger partial charge in [-0.25, -0.2) is 0 Å². The Morgan fingerprint density at radius 2 is 1.93 bits per heavy atom. The van der Waals surface area contributed by atoms with E-state index in [1.54, 1.807) is 12.4 Å². The number of rotatable bonds is 7. The fraction of sp³-hybridized carbons (Fsp3) is 0.167. The summed E-state index contributed by atoms with van der Waals surface area (Å²) in [5.41, 5.74) is 11.3. The van der Waals surface area contributed by atoms with Crippen LogP contribution in [0.15, 0.2) is 73.2 Å². The minimum Gasteiger partial charge on any atom is -0.490 e. The highest BCUT2D eigenvalue weighted by atomic mass is 16.5. The quantitative estimate of drug-likeness (QED) is 0.435. The highest BCUT2D eigenvalue weighted by Gasteiger charge is 2.10. The predicted octanol–water partition coefficient (Wildman–Crippen LogP) is 4.14. The van der Waals surface area contributed by atoms with Gasteiger partial charge in [0.15, 0.2) is 0 Å². The average molecular weight is 400 g/mol. The van der Waals surface area contributed by atoms with E-state index in [0.29, 0.717) is 12.4 Å². The molecule has 0 radical (unpaired) electrons. The summed E-state index contributed by atoms with van der Waals surface area (Å²) in [5, 5.41) is 3.96. The number of carbonyl (C=O) groups excluding carboxylic acids is 1. The maximum absolute atomic E-state index is 11.2. The van der Waals surface area contributed by atoms with Crippen LogP contribution in [0.25, 0.3) is 22.0 Å². The van der Waals surface area contributed by atoms with Crippen LogP contribution < -0.4 is 15.8 Å². The van der Waals surface area contributed by atoms with Gasteiger partial charge in [-0.1, -0.05) is 30.3 Å². The Labute approximate surface area is 175 Å². The first-order chi connectivity index (χ1) is 14.6. The third kappa shape index (κ3) is 4.67. The van der Waals surface area contributed by atoms with E-state index in [1.165, 1.54) is 17.9 Å². The molecule has 0 saturated heterocycles. The first kappa shape index (κ1) is 19.7. The SMILES string of the molecule is CC(=O)Nc1ccc(-c2cncc(OC[C@@H](N)Cc3c[nH]c4ccccc34)c2)cc1. The summed E-state index contributed by atoms with van der Waals surface area (Å²) >= 11 is 0. The number of para-hydroxylation sites is 1. The van der Waals surface area contributed by atoms with E-state index >= 15 is 0 Å². The van der Waals surface area contributed by atoms with E-state index in [0.717, 1.165) is 28.8 Å². The number of nitrogens with one attached hydrogen (secondary N) is 2. The lowest BCUT2D eigenvalue weighted by atomic mass is 10.1. The molecule has 4 rings (SSSR count). The standard InChI is InChI=1S/C24H24N4O2/c1-16(29)28-21-8-6-17(7-9-21)18-11-22(14-26-12-18)30-15-20(25)10-19-13-27-24-5-3-2-4-23(19)24/h2-9,11-14,20,27H,10,15,25H2,1H3,(H,28,29)/t20-/m0/s1. The summed E-state index contributed by atoms with van der Waals surface area (Å²) in [7, 11) is 0. The molecule has 4 aromatic rings. The van der Waals surface area contributed by atoms with Crippen molar-refractivity contribution in [2.75, 3.05) is 11.9 Å². The molecule has 0 aliphatic rings. The number of pyridine rings is 1. The van der Waals surface area contributed by atoms with Gasteiger partial charge in [0.2, 0.25) is 5.91 Å². The number of fused-ring (bicyclic) bond motifs is 1. The molecule has 4 N–H and O–H groups in total. The maximum Gasteiger partial charge on any atom is 0.221 e. The second-order valence-corrected chi connectivity index (χ2v) is 7.30. The smallest absolute Gasteiger partial charge is 0.221 e. The van der Waals surface area contributed by atoms with E-state index < -0.39 is 0 Å². The number of nitrogens with two attached hydrogens (primary N) is 1. The summed E-state index contributed by atoms with van der Waals surface area (Å²) in [6, 6.07) is 17.6. The van der Waals surface area contributed by atoms with Crippen molar-refractivity contribution in [2.45, 2.75) is 19.4 Å². The number of H-pyrrole nitrogens is 1. The molecule has 6 heteroatoms. The number of nitrogens with zero attached hydrogens (tertiary/aromatic N) is 1. The molecule has 0 fully saturated rings. The zero-order valence-electron chi connectivity index (χ0n) is 16.8. The molecule has 2 aromatic carbocycles. The molecular weight excluding hydrogens is 376 g/mol. The van der Waals surface area contributed by atoms with Crippen molar-refractivity contribution >= 4 is 22.5 Å². The zero-order valence-corrected chi connectivity index (χ0v) is 16.8. The Bertz CT molecular complexity index is 1150. The number of aromatic amines is 1. The van der Waals surface area contributed by atoms with Gasteiger partial charge in [-0.2, -0.15) is 0 Å². The van der Waals surface area contributed by atoms with E-state index in [4.69, 9.17) is 10.5 Å². The lowest BCUT2D eigenvalue weighted by molar-refractivity contribution is -0.114. The molecule has 1 amide bonds. The van der Waals surface area contributed by atoms with Crippen molar-refractivity contribution in [2.24, 2.45) is 5.73 Å². The first-order valence-electron chi connectivity index (χ1n) is 9.85. The van der Waals surface area contributed by atoms with Gasteiger partial charge in [-0.05, 0) is 41.8 Å². The van der Waals surface area contributed by atoms with Crippen LogP contribution in [0.2, 0.25) is 0 Å². The van der Waals surface area contributed by atoms with Gasteiger partial charge in [-0.3, -0.25) is 9.78 Å². The van der Waals surface area contributed by atoms with Crippen LogP contribution in [0.4, 0.5) is 5.69 Å². The molecule has 0 aliphatic heterocycles. The number of ether oxygens (including phenoxy) is 1. The molecule has 0 bridgehead atoms. The Morgan fingerprint density at radius 3 is 2.73 bits per heavy atom. The normalized spacial score (nSPS) is 11.9. The number of benzene rings is 2. The fourth-order valence-corrected chi connectivity index (χ4v) is 3.45. The van der Waals surface area contributed by atoms with Crippen molar-refractivity contribution in [1.29, 1.82) is 0 Å². The van der Waals surface area contributed by atoms with Crippen molar-refractivity contribution < 1.29 is 9.53 Å². The first-order valence-corrected chi connectivity index (χ1v) is 9.85. The van der Waals surface area contributed by atoms with Gasteiger partial charge in [0, 0.05) is 47.5 Å². The lowest BCUT2D eigenvalue weighted by Gasteiger charge is -2.13. The Morgan fingerprint density at radius 1 is 1.13 bits per heavy atom. The number of aromatic nitrogens is 2. The van der Waals surface area contributed by atoms with E-state index in [2.05, 4.69) is 27.4 Å². The van der Waals surface area contributed by atoms with Crippen molar-refractivity contribution in [3.05, 3.63) is 78.8 Å². The molecule has 0 saturated carbocycles. The topological polar surface area (TPSA) is 93.0 Å². The second-order valence-electron chi connectivity index (χ2n) is 7.30. The molecule has 6 nitrogen and oxygen atoms in total. The molecule has 1 atom stereocenters. The lowest BCUT2D eigenvalue weighted by Crippen LogP contribution is -2.30. The summed E-state index contributed by atoms with van der Waals surface area (Å²) in [6.07, 6.45) is 6.21. The van der Waals surface area contributed by atoms with Crippen molar-refractivity contribution in [1.82, 2.24) is 9.97 Å². The van der Waals surface area contributed by atoms with Crippen LogP contribution in [0, 0.1) is 0 Å². The summed E-state index contributed by atoms with van der Waals surface area (Å²) < 4.78 is 5.91. The van der Waals surface area contributed by atoms with Crippen molar-refractivity contribution in [3.8, 4) is 16.9 Å². The third-order valence-corrected chi connectivity index (χ3v) is 4.87. The fourth-order valence-electron chi connectivity index (χ4n) is 3.45. The zero-order chi connectivity index (χ0) is 20.9. The van der Waals surface area contributed by atoms with Crippen LogP contribution in [0.1, 0.15) is 12.5 Å². The maximum atomic E-state index is 11.2. The number of anilines is 1. The summed E-state index contributed by atoms with van der Waals surface area (Å²) in [4.78, 5) is 18.7.